The summed E-state index contributed by atoms with van der Waals surface area (Å²) in [4.78, 5) is 22.4. The molecule has 0 saturated heterocycles. The van der Waals surface area contributed by atoms with E-state index in [9.17, 15) is 18.0 Å². The number of esters is 1. The maximum absolute atomic E-state index is 12.3. The quantitative estimate of drug-likeness (QED) is 0.452. The topological polar surface area (TPSA) is 86.7 Å². The summed E-state index contributed by atoms with van der Waals surface area (Å²) in [7, 11) is -2.76. The summed E-state index contributed by atoms with van der Waals surface area (Å²) >= 11 is 0. The van der Waals surface area contributed by atoms with E-state index in [1.807, 2.05) is 0 Å². The van der Waals surface area contributed by atoms with Crippen LogP contribution in [0.4, 0.5) is 0 Å². The summed E-state index contributed by atoms with van der Waals surface area (Å²) in [5, 5.41) is 0. The number of methoxy groups -OCH3 is 1. The maximum atomic E-state index is 12.3. The SMILES string of the molecule is COC(=O)Cc1ccc(OS(=O)(=O)c2cccc(C(C)=O)c2)cc1. The molecule has 2 aromatic carbocycles. The largest absolute Gasteiger partial charge is 0.469 e. The van der Waals surface area contributed by atoms with E-state index in [2.05, 4.69) is 4.74 Å². The van der Waals surface area contributed by atoms with Crippen LogP contribution in [0.3, 0.4) is 0 Å². The van der Waals surface area contributed by atoms with Crippen molar-refractivity contribution in [3.63, 3.8) is 0 Å². The molecule has 0 aliphatic rings. The summed E-state index contributed by atoms with van der Waals surface area (Å²) in [5.74, 6) is -0.520. The van der Waals surface area contributed by atoms with Gasteiger partial charge in [-0.1, -0.05) is 24.3 Å². The molecular formula is C17H16O6S. The summed E-state index contributed by atoms with van der Waals surface area (Å²) < 4.78 is 34.2. The van der Waals surface area contributed by atoms with Gasteiger partial charge >= 0.3 is 16.1 Å². The third-order valence-corrected chi connectivity index (χ3v) is 4.48. The van der Waals surface area contributed by atoms with Crippen molar-refractivity contribution in [2.75, 3.05) is 7.11 Å². The lowest BCUT2D eigenvalue weighted by Gasteiger charge is -2.08. The molecule has 0 heterocycles. The van der Waals surface area contributed by atoms with Crippen LogP contribution in [0.15, 0.2) is 53.4 Å². The molecule has 2 rings (SSSR count). The Kier molecular flexibility index (Phi) is 5.35. The highest BCUT2D eigenvalue weighted by atomic mass is 32.2. The van der Waals surface area contributed by atoms with Crippen LogP contribution in [0.2, 0.25) is 0 Å². The van der Waals surface area contributed by atoms with E-state index >= 15 is 0 Å². The zero-order chi connectivity index (χ0) is 17.7. The monoisotopic (exact) mass is 348 g/mol. The van der Waals surface area contributed by atoms with E-state index in [0.717, 1.165) is 0 Å². The first-order chi connectivity index (χ1) is 11.3. The first kappa shape index (κ1) is 17.7. The molecule has 0 aliphatic heterocycles. The third kappa shape index (κ3) is 4.42. The molecule has 0 N–H and O–H groups in total. The van der Waals surface area contributed by atoms with Gasteiger partial charge in [0.25, 0.3) is 0 Å². The Morgan fingerprint density at radius 3 is 2.29 bits per heavy atom. The zero-order valence-corrected chi connectivity index (χ0v) is 14.0. The number of rotatable bonds is 6. The average Bonchev–Trinajstić information content (AvgIpc) is 2.56. The second kappa shape index (κ2) is 7.27. The van der Waals surface area contributed by atoms with E-state index in [1.165, 1.54) is 50.4 Å². The van der Waals surface area contributed by atoms with Crippen molar-refractivity contribution in [2.24, 2.45) is 0 Å². The molecule has 0 unspecified atom stereocenters. The second-order valence-corrected chi connectivity index (χ2v) is 6.56. The van der Waals surface area contributed by atoms with E-state index in [1.54, 1.807) is 12.1 Å². The van der Waals surface area contributed by atoms with Crippen LogP contribution in [0.25, 0.3) is 0 Å². The molecule has 24 heavy (non-hydrogen) atoms. The molecule has 7 heteroatoms. The van der Waals surface area contributed by atoms with Crippen LogP contribution in [-0.4, -0.2) is 27.3 Å². The maximum Gasteiger partial charge on any atom is 0.339 e. The highest BCUT2D eigenvalue weighted by molar-refractivity contribution is 7.87. The molecular weight excluding hydrogens is 332 g/mol. The van der Waals surface area contributed by atoms with Crippen LogP contribution in [0, 0.1) is 0 Å². The minimum Gasteiger partial charge on any atom is -0.469 e. The fourth-order valence-electron chi connectivity index (χ4n) is 1.95. The fraction of sp³-hybridized carbons (Fsp3) is 0.176. The summed E-state index contributed by atoms with van der Waals surface area (Å²) in [6, 6.07) is 11.7. The number of hydrogen-bond donors (Lipinski definition) is 0. The number of ketones is 1. The average molecular weight is 348 g/mol. The van der Waals surface area contributed by atoms with Gasteiger partial charge in [-0.05, 0) is 36.8 Å². The smallest absolute Gasteiger partial charge is 0.339 e. The number of carbonyl (C=O) groups excluding carboxylic acids is 2. The number of carbonyl (C=O) groups is 2. The van der Waals surface area contributed by atoms with Crippen molar-refractivity contribution in [1.82, 2.24) is 0 Å². The fourth-order valence-corrected chi connectivity index (χ4v) is 2.92. The van der Waals surface area contributed by atoms with E-state index in [0.29, 0.717) is 5.56 Å². The molecule has 0 aromatic heterocycles. The Labute approximate surface area is 140 Å². The van der Waals surface area contributed by atoms with Gasteiger partial charge in [0.1, 0.15) is 10.6 Å². The van der Waals surface area contributed by atoms with Crippen molar-refractivity contribution >= 4 is 21.9 Å². The Hall–Kier alpha value is -2.67. The number of hydrogen-bond acceptors (Lipinski definition) is 6. The highest BCUT2D eigenvalue weighted by Gasteiger charge is 2.18. The lowest BCUT2D eigenvalue weighted by Crippen LogP contribution is -2.11. The van der Waals surface area contributed by atoms with Gasteiger partial charge in [0.05, 0.1) is 13.5 Å². The minimum atomic E-state index is -4.05. The van der Waals surface area contributed by atoms with Crippen LogP contribution in [-0.2, 0) is 26.1 Å². The van der Waals surface area contributed by atoms with Gasteiger partial charge < -0.3 is 8.92 Å². The van der Waals surface area contributed by atoms with Crippen LogP contribution >= 0.6 is 0 Å². The van der Waals surface area contributed by atoms with Gasteiger partial charge in [0.15, 0.2) is 5.78 Å². The Morgan fingerprint density at radius 1 is 1.04 bits per heavy atom. The van der Waals surface area contributed by atoms with Crippen LogP contribution < -0.4 is 4.18 Å². The first-order valence-electron chi connectivity index (χ1n) is 7.03. The Bertz CT molecular complexity index is 853. The Balaban J connectivity index is 2.18. The van der Waals surface area contributed by atoms with Crippen molar-refractivity contribution in [3.05, 3.63) is 59.7 Å². The summed E-state index contributed by atoms with van der Waals surface area (Å²) in [5.41, 5.74) is 0.957. The van der Waals surface area contributed by atoms with Crippen molar-refractivity contribution in [2.45, 2.75) is 18.2 Å². The van der Waals surface area contributed by atoms with Crippen LogP contribution in [0.1, 0.15) is 22.8 Å². The van der Waals surface area contributed by atoms with Crippen molar-refractivity contribution in [3.8, 4) is 5.75 Å². The van der Waals surface area contributed by atoms with Gasteiger partial charge in [-0.3, -0.25) is 9.59 Å². The molecule has 0 aliphatic carbocycles. The zero-order valence-electron chi connectivity index (χ0n) is 13.2. The molecule has 0 atom stereocenters. The number of ether oxygens (including phenoxy) is 1. The predicted molar refractivity (Wildman–Crippen MR) is 86.4 cm³/mol. The van der Waals surface area contributed by atoms with E-state index in [4.69, 9.17) is 4.18 Å². The second-order valence-electron chi connectivity index (χ2n) is 5.02. The first-order valence-corrected chi connectivity index (χ1v) is 8.44. The lowest BCUT2D eigenvalue weighted by molar-refractivity contribution is -0.139. The molecule has 2 aromatic rings. The van der Waals surface area contributed by atoms with Gasteiger partial charge in [-0.2, -0.15) is 8.42 Å². The number of Topliss-reactive ketones (excluding diaryl/α,β-unsaturated/α-hetero) is 1. The van der Waals surface area contributed by atoms with Crippen molar-refractivity contribution < 1.29 is 26.9 Å². The highest BCUT2D eigenvalue weighted by Crippen LogP contribution is 2.20. The van der Waals surface area contributed by atoms with Gasteiger partial charge in [0, 0.05) is 5.56 Å². The molecule has 6 nitrogen and oxygen atoms in total. The molecule has 0 amide bonds. The molecule has 0 fully saturated rings. The number of benzene rings is 2. The van der Waals surface area contributed by atoms with E-state index < -0.39 is 16.1 Å². The summed E-state index contributed by atoms with van der Waals surface area (Å²) in [6.07, 6.45) is 0.0875. The third-order valence-electron chi connectivity index (χ3n) is 3.23. The Morgan fingerprint density at radius 2 is 1.71 bits per heavy atom. The molecule has 0 radical (unpaired) electrons. The normalized spacial score (nSPS) is 10.9. The lowest BCUT2D eigenvalue weighted by atomic mass is 10.1. The predicted octanol–water partition coefficient (Wildman–Crippen LogP) is 2.37. The molecule has 126 valence electrons. The van der Waals surface area contributed by atoms with Gasteiger partial charge in [-0.15, -0.1) is 0 Å². The van der Waals surface area contributed by atoms with Gasteiger partial charge in [-0.25, -0.2) is 0 Å². The van der Waals surface area contributed by atoms with E-state index in [-0.39, 0.29) is 28.4 Å². The molecule has 0 bridgehead atoms. The van der Waals surface area contributed by atoms with Crippen LogP contribution in [0.5, 0.6) is 5.75 Å². The molecule has 0 spiro atoms. The minimum absolute atomic E-state index is 0.0875. The van der Waals surface area contributed by atoms with Crippen molar-refractivity contribution in [1.29, 1.82) is 0 Å². The summed E-state index contributed by atoms with van der Waals surface area (Å²) in [6.45, 7) is 1.35. The molecule has 0 saturated carbocycles. The standard InChI is InChI=1S/C17H16O6S/c1-12(18)14-4-3-5-16(11-14)24(20,21)23-15-8-6-13(7-9-15)10-17(19)22-2/h3-9,11H,10H2,1-2H3. The van der Waals surface area contributed by atoms with Gasteiger partial charge in [0.2, 0.25) is 0 Å².